The Balaban J connectivity index is 1.66. The molecule has 1 aromatic heterocycles. The van der Waals surface area contributed by atoms with Crippen LogP contribution in [0, 0.1) is 0 Å². The molecule has 0 spiro atoms. The fourth-order valence-corrected chi connectivity index (χ4v) is 3.81. The number of nitrogens with zero attached hydrogens (tertiary/aromatic N) is 1. The van der Waals surface area contributed by atoms with Gasteiger partial charge in [0.2, 0.25) is 5.91 Å². The van der Waals surface area contributed by atoms with E-state index in [4.69, 9.17) is 0 Å². The summed E-state index contributed by atoms with van der Waals surface area (Å²) in [4.78, 5) is 32.8. The Kier molecular flexibility index (Phi) is 3.79. The molecule has 0 unspecified atom stereocenters. The largest absolute Gasteiger partial charge is 0.310 e. The summed E-state index contributed by atoms with van der Waals surface area (Å²) >= 11 is 0. The van der Waals surface area contributed by atoms with E-state index >= 15 is 0 Å². The third-order valence-corrected chi connectivity index (χ3v) is 5.17. The molecule has 0 bridgehead atoms. The van der Waals surface area contributed by atoms with E-state index in [1.807, 2.05) is 72.8 Å². The molecule has 2 N–H and O–H groups in total. The maximum atomic E-state index is 13.0. The van der Waals surface area contributed by atoms with E-state index in [1.165, 1.54) is 0 Å². The fraction of sp³-hybridized carbons (Fsp3) is 0.0870. The third-order valence-electron chi connectivity index (χ3n) is 5.17. The minimum absolute atomic E-state index is 0.136. The number of fused-ring (bicyclic) bond motifs is 2. The van der Waals surface area contributed by atoms with Crippen LogP contribution in [-0.4, -0.2) is 15.9 Å². The van der Waals surface area contributed by atoms with Gasteiger partial charge in [-0.15, -0.1) is 0 Å². The van der Waals surface area contributed by atoms with Crippen LogP contribution in [-0.2, 0) is 4.79 Å². The summed E-state index contributed by atoms with van der Waals surface area (Å²) in [7, 11) is 0. The van der Waals surface area contributed by atoms with Crippen LogP contribution in [0.5, 0.6) is 0 Å². The Labute approximate surface area is 161 Å². The van der Waals surface area contributed by atoms with Crippen LogP contribution in [0.25, 0.3) is 22.2 Å². The lowest BCUT2D eigenvalue weighted by Gasteiger charge is -2.25. The van der Waals surface area contributed by atoms with Crippen molar-refractivity contribution in [1.29, 1.82) is 0 Å². The monoisotopic (exact) mass is 367 g/mol. The molecule has 0 fully saturated rings. The second kappa shape index (κ2) is 6.46. The van der Waals surface area contributed by atoms with Gasteiger partial charge in [0.15, 0.2) is 0 Å². The standard InChI is InChI=1S/C23H17N3O2/c27-19-13-18(17-11-10-14-6-4-5-9-16(14)12-17)20-22(24-19)25-21(26-23(20)28)15-7-2-1-3-8-15/h1-12,18H,13H2,(H2,24,25,26,27,28)/t18-/m0/s1. The number of nitrogens with one attached hydrogen (secondary N) is 2. The van der Waals surface area contributed by atoms with Crippen molar-refractivity contribution in [1.82, 2.24) is 9.97 Å². The average molecular weight is 367 g/mol. The first-order valence-corrected chi connectivity index (χ1v) is 9.17. The first-order chi connectivity index (χ1) is 13.7. The fourth-order valence-electron chi connectivity index (χ4n) is 3.81. The van der Waals surface area contributed by atoms with Gasteiger partial charge in [-0.25, -0.2) is 4.98 Å². The molecule has 5 heteroatoms. The van der Waals surface area contributed by atoms with E-state index in [1.54, 1.807) is 0 Å². The van der Waals surface area contributed by atoms with Gasteiger partial charge in [0.1, 0.15) is 11.6 Å². The maximum absolute atomic E-state index is 13.0. The Morgan fingerprint density at radius 1 is 0.857 bits per heavy atom. The molecule has 0 radical (unpaired) electrons. The van der Waals surface area contributed by atoms with Gasteiger partial charge in [0.25, 0.3) is 5.56 Å². The highest BCUT2D eigenvalue weighted by atomic mass is 16.2. The zero-order chi connectivity index (χ0) is 19.1. The number of aromatic nitrogens is 2. The summed E-state index contributed by atoms with van der Waals surface area (Å²) < 4.78 is 0. The number of amides is 1. The van der Waals surface area contributed by atoms with Gasteiger partial charge in [-0.1, -0.05) is 72.8 Å². The van der Waals surface area contributed by atoms with Crippen molar-refractivity contribution < 1.29 is 4.79 Å². The van der Waals surface area contributed by atoms with Crippen LogP contribution >= 0.6 is 0 Å². The Morgan fingerprint density at radius 2 is 1.61 bits per heavy atom. The van der Waals surface area contributed by atoms with E-state index in [-0.39, 0.29) is 23.8 Å². The number of hydrogen-bond acceptors (Lipinski definition) is 3. The summed E-state index contributed by atoms with van der Waals surface area (Å²) in [5, 5.41) is 4.98. The van der Waals surface area contributed by atoms with E-state index in [0.717, 1.165) is 21.9 Å². The third kappa shape index (κ3) is 2.77. The number of benzene rings is 3. The van der Waals surface area contributed by atoms with Crippen LogP contribution in [0.4, 0.5) is 5.82 Å². The lowest BCUT2D eigenvalue weighted by atomic mass is 9.86. The number of carbonyl (C=O) groups is 1. The number of H-pyrrole nitrogens is 1. The molecule has 4 aromatic rings. The van der Waals surface area contributed by atoms with Crippen molar-refractivity contribution in [2.45, 2.75) is 12.3 Å². The van der Waals surface area contributed by atoms with Crippen molar-refractivity contribution >= 4 is 22.5 Å². The molecular weight excluding hydrogens is 350 g/mol. The minimum Gasteiger partial charge on any atom is -0.310 e. The van der Waals surface area contributed by atoms with Crippen LogP contribution < -0.4 is 10.9 Å². The highest BCUT2D eigenvalue weighted by Gasteiger charge is 2.31. The zero-order valence-corrected chi connectivity index (χ0v) is 15.0. The van der Waals surface area contributed by atoms with Crippen LogP contribution in [0.1, 0.15) is 23.5 Å². The average Bonchev–Trinajstić information content (AvgIpc) is 2.73. The van der Waals surface area contributed by atoms with Gasteiger partial charge in [0, 0.05) is 17.9 Å². The van der Waals surface area contributed by atoms with E-state index in [0.29, 0.717) is 17.2 Å². The number of rotatable bonds is 2. The van der Waals surface area contributed by atoms with E-state index < -0.39 is 0 Å². The van der Waals surface area contributed by atoms with Gasteiger partial charge < -0.3 is 10.3 Å². The summed E-state index contributed by atoms with van der Waals surface area (Å²) in [6.45, 7) is 0. The Hall–Kier alpha value is -3.73. The van der Waals surface area contributed by atoms with Crippen molar-refractivity contribution in [3.05, 3.63) is 94.3 Å². The van der Waals surface area contributed by atoms with Crippen molar-refractivity contribution in [3.8, 4) is 11.4 Å². The molecule has 5 rings (SSSR count). The minimum atomic E-state index is -0.325. The normalized spacial score (nSPS) is 15.9. The Morgan fingerprint density at radius 3 is 2.43 bits per heavy atom. The van der Waals surface area contributed by atoms with Gasteiger partial charge in [0.05, 0.1) is 5.56 Å². The number of aromatic amines is 1. The predicted octanol–water partition coefficient (Wildman–Crippen LogP) is 4.06. The van der Waals surface area contributed by atoms with Gasteiger partial charge in [-0.3, -0.25) is 9.59 Å². The highest BCUT2D eigenvalue weighted by molar-refractivity contribution is 5.94. The zero-order valence-electron chi connectivity index (χ0n) is 15.0. The summed E-state index contributed by atoms with van der Waals surface area (Å²) in [6, 6.07) is 23.5. The summed E-state index contributed by atoms with van der Waals surface area (Å²) in [5.74, 6) is 0.332. The van der Waals surface area contributed by atoms with Crippen LogP contribution in [0.2, 0.25) is 0 Å². The quantitative estimate of drug-likeness (QED) is 0.561. The van der Waals surface area contributed by atoms with E-state index in [2.05, 4.69) is 15.3 Å². The highest BCUT2D eigenvalue weighted by Crippen LogP contribution is 2.35. The molecule has 5 nitrogen and oxygen atoms in total. The van der Waals surface area contributed by atoms with E-state index in [9.17, 15) is 9.59 Å². The van der Waals surface area contributed by atoms with Crippen LogP contribution in [0.3, 0.4) is 0 Å². The summed E-state index contributed by atoms with van der Waals surface area (Å²) in [6.07, 6.45) is 0.223. The topological polar surface area (TPSA) is 74.8 Å². The van der Waals surface area contributed by atoms with Crippen molar-refractivity contribution in [3.63, 3.8) is 0 Å². The SMILES string of the molecule is O=C1C[C@@H](c2ccc3ccccc3c2)c2c(nc(-c3ccccc3)[nH]c2=O)N1. The second-order valence-corrected chi connectivity index (χ2v) is 6.95. The smallest absolute Gasteiger partial charge is 0.257 e. The van der Waals surface area contributed by atoms with Gasteiger partial charge in [-0.05, 0) is 16.3 Å². The maximum Gasteiger partial charge on any atom is 0.257 e. The molecule has 2 heterocycles. The number of anilines is 1. The molecule has 136 valence electrons. The molecule has 1 amide bonds. The molecule has 3 aromatic carbocycles. The van der Waals surface area contributed by atoms with Gasteiger partial charge >= 0.3 is 0 Å². The molecule has 1 aliphatic heterocycles. The number of carbonyl (C=O) groups excluding carboxylic acids is 1. The molecule has 1 atom stereocenters. The molecule has 0 saturated carbocycles. The van der Waals surface area contributed by atoms with Crippen LogP contribution in [0.15, 0.2) is 77.6 Å². The molecule has 0 aliphatic carbocycles. The number of hydrogen-bond donors (Lipinski definition) is 2. The van der Waals surface area contributed by atoms with Crippen molar-refractivity contribution in [2.24, 2.45) is 0 Å². The summed E-state index contributed by atoms with van der Waals surface area (Å²) in [5.41, 5.74) is 2.02. The van der Waals surface area contributed by atoms with Crippen molar-refractivity contribution in [2.75, 3.05) is 5.32 Å². The van der Waals surface area contributed by atoms with Gasteiger partial charge in [-0.2, -0.15) is 0 Å². The first-order valence-electron chi connectivity index (χ1n) is 9.17. The lowest BCUT2D eigenvalue weighted by Crippen LogP contribution is -2.31. The lowest BCUT2D eigenvalue weighted by molar-refractivity contribution is -0.116. The first kappa shape index (κ1) is 16.4. The molecule has 28 heavy (non-hydrogen) atoms. The predicted molar refractivity (Wildman–Crippen MR) is 109 cm³/mol. The Bertz CT molecular complexity index is 1260. The molecule has 0 saturated heterocycles. The second-order valence-electron chi connectivity index (χ2n) is 6.95. The molecular formula is C23H17N3O2. The molecule has 1 aliphatic rings.